The highest BCUT2D eigenvalue weighted by atomic mass is 16.5. The number of phenols is 1. The number of ether oxygens (including phenoxy) is 1. The Labute approximate surface area is 114 Å². The van der Waals surface area contributed by atoms with Gasteiger partial charge in [-0.2, -0.15) is 0 Å². The number of phenolic OH excluding ortho intramolecular Hbond substituents is 1. The molecule has 1 aromatic heterocycles. The maximum Gasteiger partial charge on any atom is 0.200 e. The van der Waals surface area contributed by atoms with Gasteiger partial charge in [0, 0.05) is 5.56 Å². The van der Waals surface area contributed by atoms with Crippen molar-refractivity contribution in [2.24, 2.45) is 0 Å². The van der Waals surface area contributed by atoms with E-state index >= 15 is 0 Å². The fourth-order valence-electron chi connectivity index (χ4n) is 2.17. The molecule has 0 radical (unpaired) electrons. The van der Waals surface area contributed by atoms with Gasteiger partial charge in [0.05, 0.1) is 18.1 Å². The van der Waals surface area contributed by atoms with Gasteiger partial charge < -0.3 is 14.3 Å². The molecule has 20 heavy (non-hydrogen) atoms. The summed E-state index contributed by atoms with van der Waals surface area (Å²) in [5.74, 6) is 0.243. The van der Waals surface area contributed by atoms with Gasteiger partial charge in [-0.05, 0) is 18.2 Å². The van der Waals surface area contributed by atoms with Crippen LogP contribution in [-0.2, 0) is 0 Å². The number of hydrogen-bond acceptors (Lipinski definition) is 4. The van der Waals surface area contributed by atoms with Gasteiger partial charge in [-0.3, -0.25) is 4.79 Å². The zero-order valence-corrected chi connectivity index (χ0v) is 10.8. The Hall–Kier alpha value is -2.75. The highest BCUT2D eigenvalue weighted by Crippen LogP contribution is 2.35. The van der Waals surface area contributed by atoms with Crippen LogP contribution in [0.5, 0.6) is 11.5 Å². The summed E-state index contributed by atoms with van der Waals surface area (Å²) in [6, 6.07) is 12.0. The van der Waals surface area contributed by atoms with Crippen molar-refractivity contribution in [3.8, 4) is 22.6 Å². The normalized spacial score (nSPS) is 10.7. The summed E-state index contributed by atoms with van der Waals surface area (Å²) >= 11 is 0. The molecular formula is C16H12O4. The second kappa shape index (κ2) is 4.74. The molecule has 0 atom stereocenters. The molecule has 3 aromatic rings. The number of benzene rings is 2. The average Bonchev–Trinajstić information content (AvgIpc) is 2.49. The van der Waals surface area contributed by atoms with E-state index in [4.69, 9.17) is 9.15 Å². The van der Waals surface area contributed by atoms with E-state index in [1.54, 1.807) is 42.5 Å². The van der Waals surface area contributed by atoms with Crippen LogP contribution in [-0.4, -0.2) is 12.2 Å². The van der Waals surface area contributed by atoms with Crippen molar-refractivity contribution in [3.63, 3.8) is 0 Å². The third-order valence-corrected chi connectivity index (χ3v) is 3.19. The van der Waals surface area contributed by atoms with Crippen molar-refractivity contribution in [2.75, 3.05) is 7.11 Å². The summed E-state index contributed by atoms with van der Waals surface area (Å²) < 4.78 is 10.5. The first-order chi connectivity index (χ1) is 9.72. The Bertz CT molecular complexity index is 833. The Balaban J connectivity index is 2.31. The molecule has 0 aliphatic carbocycles. The Kier molecular flexibility index (Phi) is 2.91. The molecular weight excluding hydrogens is 256 g/mol. The first-order valence-electron chi connectivity index (χ1n) is 6.09. The van der Waals surface area contributed by atoms with E-state index in [2.05, 4.69) is 0 Å². The van der Waals surface area contributed by atoms with E-state index in [0.29, 0.717) is 27.8 Å². The number of aromatic hydroxyl groups is 1. The van der Waals surface area contributed by atoms with Crippen LogP contribution >= 0.6 is 0 Å². The molecule has 0 fully saturated rings. The third-order valence-electron chi connectivity index (χ3n) is 3.19. The molecule has 0 spiro atoms. The quantitative estimate of drug-likeness (QED) is 0.775. The van der Waals surface area contributed by atoms with Gasteiger partial charge in [-0.1, -0.05) is 24.3 Å². The minimum absolute atomic E-state index is 0.0717. The second-order valence-corrected chi connectivity index (χ2v) is 4.33. The molecule has 0 bridgehead atoms. The van der Waals surface area contributed by atoms with E-state index in [1.807, 2.05) is 0 Å². The molecule has 0 saturated carbocycles. The van der Waals surface area contributed by atoms with Gasteiger partial charge in [0.1, 0.15) is 11.8 Å². The van der Waals surface area contributed by atoms with Crippen molar-refractivity contribution in [2.45, 2.75) is 0 Å². The number of para-hydroxylation sites is 2. The number of methoxy groups -OCH3 is 1. The SMILES string of the molecule is COc1cccc(-c2coc3ccccc3c2=O)c1O. The summed E-state index contributed by atoms with van der Waals surface area (Å²) in [4.78, 5) is 12.5. The second-order valence-electron chi connectivity index (χ2n) is 4.33. The van der Waals surface area contributed by atoms with Crippen LogP contribution in [0.4, 0.5) is 0 Å². The van der Waals surface area contributed by atoms with Gasteiger partial charge in [-0.25, -0.2) is 0 Å². The summed E-state index contributed by atoms with van der Waals surface area (Å²) in [5, 5.41) is 10.6. The molecule has 1 N–H and O–H groups in total. The Morgan fingerprint density at radius 2 is 1.85 bits per heavy atom. The lowest BCUT2D eigenvalue weighted by molar-refractivity contribution is 0.374. The van der Waals surface area contributed by atoms with Crippen LogP contribution in [0.3, 0.4) is 0 Å². The lowest BCUT2D eigenvalue weighted by atomic mass is 10.0. The van der Waals surface area contributed by atoms with Crippen molar-refractivity contribution in [1.29, 1.82) is 0 Å². The first-order valence-corrected chi connectivity index (χ1v) is 6.09. The van der Waals surface area contributed by atoms with Gasteiger partial charge in [0.15, 0.2) is 11.5 Å². The predicted molar refractivity (Wildman–Crippen MR) is 76.1 cm³/mol. The summed E-state index contributed by atoms with van der Waals surface area (Å²) in [6.45, 7) is 0. The largest absolute Gasteiger partial charge is 0.504 e. The zero-order valence-electron chi connectivity index (χ0n) is 10.8. The van der Waals surface area contributed by atoms with E-state index < -0.39 is 0 Å². The smallest absolute Gasteiger partial charge is 0.200 e. The van der Waals surface area contributed by atoms with Crippen LogP contribution in [0.15, 0.2) is 57.9 Å². The van der Waals surface area contributed by atoms with Gasteiger partial charge in [0.2, 0.25) is 5.43 Å². The zero-order chi connectivity index (χ0) is 14.1. The van der Waals surface area contributed by atoms with Crippen LogP contribution < -0.4 is 10.2 Å². The lowest BCUT2D eigenvalue weighted by Crippen LogP contribution is -2.04. The molecule has 4 heteroatoms. The minimum Gasteiger partial charge on any atom is -0.504 e. The minimum atomic E-state index is -0.185. The van der Waals surface area contributed by atoms with Crippen LogP contribution in [0.1, 0.15) is 0 Å². The maximum atomic E-state index is 12.5. The highest BCUT2D eigenvalue weighted by Gasteiger charge is 2.14. The molecule has 100 valence electrons. The van der Waals surface area contributed by atoms with Crippen LogP contribution in [0.25, 0.3) is 22.1 Å². The summed E-state index contributed by atoms with van der Waals surface area (Å²) in [5.41, 5.74) is 1.03. The summed E-state index contributed by atoms with van der Waals surface area (Å²) in [7, 11) is 1.46. The average molecular weight is 268 g/mol. The van der Waals surface area contributed by atoms with Crippen molar-refractivity contribution in [1.82, 2.24) is 0 Å². The van der Waals surface area contributed by atoms with Gasteiger partial charge in [0.25, 0.3) is 0 Å². The van der Waals surface area contributed by atoms with Crippen LogP contribution in [0.2, 0.25) is 0 Å². The molecule has 3 rings (SSSR count). The molecule has 0 amide bonds. The van der Waals surface area contributed by atoms with E-state index in [0.717, 1.165) is 0 Å². The molecule has 0 saturated heterocycles. The summed E-state index contributed by atoms with van der Waals surface area (Å²) in [6.07, 6.45) is 1.36. The standard InChI is InChI=1S/C16H12O4/c1-19-14-8-4-6-10(16(14)18)12-9-20-13-7-3-2-5-11(13)15(12)17/h2-9,18H,1H3. The fourth-order valence-corrected chi connectivity index (χ4v) is 2.17. The van der Waals surface area contributed by atoms with Gasteiger partial charge in [-0.15, -0.1) is 0 Å². The number of rotatable bonds is 2. The van der Waals surface area contributed by atoms with E-state index in [-0.39, 0.29) is 11.2 Å². The monoisotopic (exact) mass is 268 g/mol. The lowest BCUT2D eigenvalue weighted by Gasteiger charge is -2.08. The molecule has 1 heterocycles. The molecule has 2 aromatic carbocycles. The van der Waals surface area contributed by atoms with Gasteiger partial charge >= 0.3 is 0 Å². The predicted octanol–water partition coefficient (Wildman–Crippen LogP) is 3.17. The van der Waals surface area contributed by atoms with Crippen LogP contribution in [0, 0.1) is 0 Å². The maximum absolute atomic E-state index is 12.5. The van der Waals surface area contributed by atoms with E-state index in [1.165, 1.54) is 13.4 Å². The fraction of sp³-hybridized carbons (Fsp3) is 0.0625. The van der Waals surface area contributed by atoms with Crippen molar-refractivity contribution < 1.29 is 14.3 Å². The first kappa shape index (κ1) is 12.3. The van der Waals surface area contributed by atoms with Crippen molar-refractivity contribution >= 4 is 11.0 Å². The number of hydrogen-bond donors (Lipinski definition) is 1. The Morgan fingerprint density at radius 3 is 2.65 bits per heavy atom. The Morgan fingerprint density at radius 1 is 1.05 bits per heavy atom. The third kappa shape index (κ3) is 1.82. The highest BCUT2D eigenvalue weighted by molar-refractivity contribution is 5.83. The molecule has 0 aliphatic rings. The number of fused-ring (bicyclic) bond motifs is 1. The van der Waals surface area contributed by atoms with Crippen molar-refractivity contribution in [3.05, 3.63) is 59.0 Å². The molecule has 0 aliphatic heterocycles. The topological polar surface area (TPSA) is 59.7 Å². The molecule has 0 unspecified atom stereocenters. The van der Waals surface area contributed by atoms with E-state index in [9.17, 15) is 9.90 Å². The molecule has 4 nitrogen and oxygen atoms in total.